The van der Waals surface area contributed by atoms with Gasteiger partial charge in [-0.15, -0.1) is 15.7 Å². The zero-order chi connectivity index (χ0) is 20.8. The van der Waals surface area contributed by atoms with Crippen LogP contribution in [0, 0.1) is 0 Å². The monoisotopic (exact) mass is 434 g/mol. The average Bonchev–Trinajstić information content (AvgIpc) is 3.40. The number of urea groups is 1. The van der Waals surface area contributed by atoms with Crippen molar-refractivity contribution < 1.29 is 14.1 Å². The highest BCUT2D eigenvalue weighted by atomic mass is 32.2. The Morgan fingerprint density at radius 1 is 1.21 bits per heavy atom. The first-order valence-corrected chi connectivity index (χ1v) is 12.2. The normalized spacial score (nSPS) is 17.5. The highest BCUT2D eigenvalue weighted by Crippen LogP contribution is 2.38. The van der Waals surface area contributed by atoms with Crippen LogP contribution in [-0.2, 0) is 41.2 Å². The molecule has 2 amide bonds. The van der Waals surface area contributed by atoms with Crippen LogP contribution in [0.5, 0.6) is 0 Å². The highest BCUT2D eigenvalue weighted by molar-refractivity contribution is 7.94. The predicted molar refractivity (Wildman–Crippen MR) is 115 cm³/mol. The van der Waals surface area contributed by atoms with Crippen LogP contribution in [0.3, 0.4) is 0 Å². The SMILES string of the molecule is CN[S@](=O)(=NC(=O)Nc1c2c(cc3c1CCC3)CCC2)c1cnc(C(C)(C)O)s1. The van der Waals surface area contributed by atoms with E-state index in [1.807, 2.05) is 0 Å². The van der Waals surface area contributed by atoms with Crippen molar-refractivity contribution in [3.8, 4) is 0 Å². The van der Waals surface area contributed by atoms with Crippen molar-refractivity contribution in [3.63, 3.8) is 0 Å². The number of rotatable bonds is 4. The fraction of sp³-hybridized carbons (Fsp3) is 0.500. The Balaban J connectivity index is 1.68. The minimum absolute atomic E-state index is 0.316. The highest BCUT2D eigenvalue weighted by Gasteiger charge is 2.27. The molecule has 0 saturated heterocycles. The lowest BCUT2D eigenvalue weighted by Crippen LogP contribution is -2.21. The van der Waals surface area contributed by atoms with Crippen LogP contribution in [0.2, 0.25) is 0 Å². The van der Waals surface area contributed by atoms with Gasteiger partial charge in [0.2, 0.25) is 0 Å². The number of carbonyl (C=O) groups excluding carboxylic acids is 1. The summed E-state index contributed by atoms with van der Waals surface area (Å²) < 4.78 is 20.3. The molecule has 1 aromatic carbocycles. The number of anilines is 1. The van der Waals surface area contributed by atoms with E-state index >= 15 is 0 Å². The standard InChI is InChI=1S/C20H26N4O3S2/c1-20(2,26)18-22-11-16(28-18)29(27,21-3)24-19(25)23-17-14-8-4-6-12(14)10-13-7-5-9-15(13)17/h10-11,26H,4-9H2,1-3H3,(H2,21,23,24,25,27)/t29-/m0/s1. The van der Waals surface area contributed by atoms with Crippen LogP contribution in [0.25, 0.3) is 0 Å². The quantitative estimate of drug-likeness (QED) is 0.685. The van der Waals surface area contributed by atoms with Gasteiger partial charge in [0.15, 0.2) is 9.92 Å². The lowest BCUT2D eigenvalue weighted by Gasteiger charge is -2.15. The van der Waals surface area contributed by atoms with Gasteiger partial charge in [-0.25, -0.2) is 18.7 Å². The minimum Gasteiger partial charge on any atom is -0.383 e. The molecule has 1 aromatic heterocycles. The summed E-state index contributed by atoms with van der Waals surface area (Å²) in [6.07, 6.45) is 7.56. The number of benzene rings is 1. The third-order valence-corrected chi connectivity index (χ3v) is 9.13. The summed E-state index contributed by atoms with van der Waals surface area (Å²) in [7, 11) is -1.68. The van der Waals surface area contributed by atoms with Crippen molar-refractivity contribution in [2.24, 2.45) is 4.36 Å². The van der Waals surface area contributed by atoms with Gasteiger partial charge in [-0.1, -0.05) is 6.07 Å². The summed E-state index contributed by atoms with van der Waals surface area (Å²) in [4.78, 5) is 16.9. The second kappa shape index (κ2) is 7.46. The molecule has 0 bridgehead atoms. The zero-order valence-corrected chi connectivity index (χ0v) is 18.5. The van der Waals surface area contributed by atoms with Crippen LogP contribution in [0.1, 0.15) is 54.0 Å². The van der Waals surface area contributed by atoms with Crippen molar-refractivity contribution in [2.45, 2.75) is 62.2 Å². The molecule has 29 heavy (non-hydrogen) atoms. The van der Waals surface area contributed by atoms with Gasteiger partial charge in [0, 0.05) is 5.69 Å². The van der Waals surface area contributed by atoms with Crippen LogP contribution in [0.15, 0.2) is 20.8 Å². The number of nitrogens with one attached hydrogen (secondary N) is 2. The predicted octanol–water partition coefficient (Wildman–Crippen LogP) is 3.54. The molecular formula is C20H26N4O3S2. The van der Waals surface area contributed by atoms with Gasteiger partial charge in [0.25, 0.3) is 0 Å². The van der Waals surface area contributed by atoms with Gasteiger partial charge < -0.3 is 10.4 Å². The van der Waals surface area contributed by atoms with Gasteiger partial charge in [0.1, 0.15) is 14.8 Å². The van der Waals surface area contributed by atoms with E-state index < -0.39 is 21.5 Å². The smallest absolute Gasteiger partial charge is 0.354 e. The first-order chi connectivity index (χ1) is 13.7. The summed E-state index contributed by atoms with van der Waals surface area (Å²) in [6, 6.07) is 1.67. The summed E-state index contributed by atoms with van der Waals surface area (Å²) >= 11 is 1.09. The lowest BCUT2D eigenvalue weighted by atomic mass is 9.99. The number of aliphatic hydroxyl groups is 1. The number of hydrogen-bond acceptors (Lipinski definition) is 5. The largest absolute Gasteiger partial charge is 0.383 e. The van der Waals surface area contributed by atoms with Crippen LogP contribution >= 0.6 is 11.3 Å². The summed E-state index contributed by atoms with van der Waals surface area (Å²) in [5.74, 6) is 0. The Bertz CT molecular complexity index is 1060. The molecule has 1 heterocycles. The van der Waals surface area contributed by atoms with E-state index in [9.17, 15) is 14.1 Å². The Morgan fingerprint density at radius 3 is 2.34 bits per heavy atom. The van der Waals surface area contributed by atoms with Crippen molar-refractivity contribution in [1.29, 1.82) is 0 Å². The van der Waals surface area contributed by atoms with Gasteiger partial charge in [-0.05, 0) is 81.7 Å². The molecule has 0 radical (unpaired) electrons. The molecule has 4 rings (SSSR count). The second-order valence-corrected chi connectivity index (χ2v) is 11.4. The molecule has 0 unspecified atom stereocenters. The second-order valence-electron chi connectivity index (χ2n) is 8.03. The molecule has 0 aliphatic heterocycles. The zero-order valence-electron chi connectivity index (χ0n) is 16.9. The molecule has 3 N–H and O–H groups in total. The molecule has 2 aliphatic rings. The van der Waals surface area contributed by atoms with E-state index in [1.165, 1.54) is 35.5 Å². The summed E-state index contributed by atoms with van der Waals surface area (Å²) in [5.41, 5.74) is 4.75. The fourth-order valence-corrected chi connectivity index (χ4v) is 6.63. The van der Waals surface area contributed by atoms with E-state index in [4.69, 9.17) is 0 Å². The van der Waals surface area contributed by atoms with Crippen LogP contribution in [-0.4, -0.2) is 27.4 Å². The molecular weight excluding hydrogens is 408 g/mol. The number of hydrogen-bond donors (Lipinski definition) is 3. The Morgan fingerprint density at radius 2 is 1.83 bits per heavy atom. The number of carbonyl (C=O) groups is 1. The summed E-state index contributed by atoms with van der Waals surface area (Å²) in [6.45, 7) is 3.22. The van der Waals surface area contributed by atoms with E-state index in [2.05, 4.69) is 25.5 Å². The third-order valence-electron chi connectivity index (χ3n) is 5.47. The van der Waals surface area contributed by atoms with E-state index in [0.717, 1.165) is 55.5 Å². The van der Waals surface area contributed by atoms with E-state index in [-0.39, 0.29) is 0 Å². The maximum atomic E-state index is 13.3. The van der Waals surface area contributed by atoms with Crippen molar-refractivity contribution >= 4 is 33.0 Å². The Labute approximate surface area is 175 Å². The van der Waals surface area contributed by atoms with Gasteiger partial charge >= 0.3 is 6.03 Å². The molecule has 1 atom stereocenters. The molecule has 156 valence electrons. The van der Waals surface area contributed by atoms with Crippen LogP contribution in [0.4, 0.5) is 10.5 Å². The van der Waals surface area contributed by atoms with Crippen molar-refractivity contribution in [1.82, 2.24) is 9.71 Å². The van der Waals surface area contributed by atoms with Crippen molar-refractivity contribution in [2.75, 3.05) is 12.4 Å². The maximum Gasteiger partial charge on any atom is 0.354 e. The summed E-state index contributed by atoms with van der Waals surface area (Å²) in [5, 5.41) is 13.5. The average molecular weight is 435 g/mol. The van der Waals surface area contributed by atoms with E-state index in [1.54, 1.807) is 13.8 Å². The first-order valence-electron chi connectivity index (χ1n) is 9.83. The van der Waals surface area contributed by atoms with Gasteiger partial charge in [-0.2, -0.15) is 0 Å². The lowest BCUT2D eigenvalue weighted by molar-refractivity contribution is 0.0783. The fourth-order valence-electron chi connectivity index (χ4n) is 4.07. The van der Waals surface area contributed by atoms with E-state index in [0.29, 0.717) is 9.22 Å². The number of nitrogens with zero attached hydrogens (tertiary/aromatic N) is 2. The molecule has 0 spiro atoms. The first kappa shape index (κ1) is 20.5. The van der Waals surface area contributed by atoms with Crippen LogP contribution < -0.4 is 10.0 Å². The molecule has 0 saturated carbocycles. The minimum atomic E-state index is -3.18. The Hall–Kier alpha value is -1.81. The Kier molecular flexibility index (Phi) is 5.27. The number of aryl methyl sites for hydroxylation is 2. The topological polar surface area (TPSA) is 104 Å². The van der Waals surface area contributed by atoms with Crippen molar-refractivity contribution in [3.05, 3.63) is 39.5 Å². The number of fused-ring (bicyclic) bond motifs is 2. The molecule has 0 fully saturated rings. The molecule has 7 nitrogen and oxygen atoms in total. The number of amides is 2. The van der Waals surface area contributed by atoms with Gasteiger partial charge in [0.05, 0.1) is 6.20 Å². The molecule has 9 heteroatoms. The van der Waals surface area contributed by atoms with Gasteiger partial charge in [-0.3, -0.25) is 0 Å². The third kappa shape index (κ3) is 3.84. The molecule has 2 aromatic rings. The number of thiazole rings is 1. The number of aromatic nitrogens is 1. The molecule has 2 aliphatic carbocycles. The maximum absolute atomic E-state index is 13.3.